The molecular weight excluding hydrogens is 314 g/mol. The second-order valence-electron chi connectivity index (χ2n) is 8.65. The van der Waals surface area contributed by atoms with Gasteiger partial charge >= 0.3 is 0 Å². The van der Waals surface area contributed by atoms with Crippen molar-refractivity contribution >= 4 is 0 Å². The summed E-state index contributed by atoms with van der Waals surface area (Å²) in [6.07, 6.45) is 25.5. The second kappa shape index (κ2) is 12.2. The minimum atomic E-state index is 0.803. The van der Waals surface area contributed by atoms with Crippen LogP contribution >= 0.6 is 0 Å². The number of hydrogen-bond donors (Lipinski definition) is 0. The van der Waals surface area contributed by atoms with Gasteiger partial charge in [-0.1, -0.05) is 56.6 Å². The minimum absolute atomic E-state index is 0.803. The van der Waals surface area contributed by atoms with E-state index in [-0.39, 0.29) is 0 Å². The number of hydrogen-bond acceptors (Lipinski definition) is 1. The number of rotatable bonds is 9. The highest BCUT2D eigenvalue weighted by Crippen LogP contribution is 2.42. The fourth-order valence-corrected chi connectivity index (χ4v) is 5.08. The van der Waals surface area contributed by atoms with E-state index in [9.17, 15) is 0 Å². The Labute approximate surface area is 162 Å². The van der Waals surface area contributed by atoms with Crippen LogP contribution in [0.25, 0.3) is 0 Å². The molecule has 2 aliphatic rings. The summed E-state index contributed by atoms with van der Waals surface area (Å²) in [6, 6.07) is 2.02. The Morgan fingerprint density at radius 1 is 0.923 bits per heavy atom. The lowest BCUT2D eigenvalue weighted by Crippen LogP contribution is -2.23. The van der Waals surface area contributed by atoms with E-state index in [4.69, 9.17) is 5.26 Å². The summed E-state index contributed by atoms with van der Waals surface area (Å²) in [6.45, 7) is 6.88. The summed E-state index contributed by atoms with van der Waals surface area (Å²) in [7, 11) is 0. The van der Waals surface area contributed by atoms with Crippen LogP contribution in [-0.4, -0.2) is 0 Å². The molecule has 0 atom stereocenters. The molecule has 0 aromatic rings. The van der Waals surface area contributed by atoms with Crippen molar-refractivity contribution in [2.45, 2.75) is 90.4 Å². The average Bonchev–Trinajstić information content (AvgIpc) is 2.69. The van der Waals surface area contributed by atoms with E-state index in [1.165, 1.54) is 83.1 Å². The van der Waals surface area contributed by atoms with Crippen molar-refractivity contribution < 1.29 is 0 Å². The Kier molecular flexibility index (Phi) is 9.83. The first kappa shape index (κ1) is 21.0. The standard InChI is InChI=1S/C25H39N/c1-3-4-10-22-12-16-24(17-13-22)21(2)25-18-14-23(15-19-25)11-8-6-5-7-9-20-26/h5-7,9,22-25H,2-4,8,10-19H2,1H3. The third kappa shape index (κ3) is 7.14. The molecule has 2 fully saturated rings. The molecule has 0 bridgehead atoms. The first-order valence-corrected chi connectivity index (χ1v) is 11.1. The number of nitriles is 1. The molecule has 0 aromatic carbocycles. The third-order valence-electron chi connectivity index (χ3n) is 6.87. The fraction of sp³-hybridized carbons (Fsp3) is 0.720. The molecule has 0 unspecified atom stereocenters. The van der Waals surface area contributed by atoms with Crippen LogP contribution in [0.15, 0.2) is 36.5 Å². The molecule has 0 saturated heterocycles. The van der Waals surface area contributed by atoms with Crippen molar-refractivity contribution in [1.82, 2.24) is 0 Å². The van der Waals surface area contributed by atoms with Crippen LogP contribution in [0.2, 0.25) is 0 Å². The van der Waals surface area contributed by atoms with E-state index in [0.29, 0.717) is 0 Å². The molecule has 0 N–H and O–H groups in total. The summed E-state index contributed by atoms with van der Waals surface area (Å²) >= 11 is 0. The summed E-state index contributed by atoms with van der Waals surface area (Å²) in [5, 5.41) is 8.46. The van der Waals surface area contributed by atoms with Crippen LogP contribution < -0.4 is 0 Å². The molecule has 1 heteroatoms. The zero-order valence-electron chi connectivity index (χ0n) is 17.0. The van der Waals surface area contributed by atoms with E-state index in [2.05, 4.69) is 19.6 Å². The summed E-state index contributed by atoms with van der Waals surface area (Å²) in [5.74, 6) is 3.53. The van der Waals surface area contributed by atoms with Crippen LogP contribution in [0, 0.1) is 35.0 Å². The zero-order chi connectivity index (χ0) is 18.6. The van der Waals surface area contributed by atoms with Crippen molar-refractivity contribution in [1.29, 1.82) is 5.26 Å². The number of allylic oxidation sites excluding steroid dienone is 5. The SMILES string of the molecule is C=C(C1CCC(CCC=CC=CC#N)CC1)C1CCC(CCCC)CC1. The lowest BCUT2D eigenvalue weighted by Gasteiger charge is -2.36. The van der Waals surface area contributed by atoms with Gasteiger partial charge in [-0.3, -0.25) is 0 Å². The molecule has 0 spiro atoms. The number of nitrogens with zero attached hydrogens (tertiary/aromatic N) is 1. The summed E-state index contributed by atoms with van der Waals surface area (Å²) in [4.78, 5) is 0. The minimum Gasteiger partial charge on any atom is -0.193 e. The lowest BCUT2D eigenvalue weighted by molar-refractivity contribution is 0.240. The molecule has 0 aromatic heterocycles. The Bertz CT molecular complexity index is 491. The number of unbranched alkanes of at least 4 members (excludes halogenated alkanes) is 1. The normalized spacial score (nSPS) is 29.8. The van der Waals surface area contributed by atoms with Gasteiger partial charge in [-0.2, -0.15) is 5.26 Å². The maximum atomic E-state index is 8.46. The summed E-state index contributed by atoms with van der Waals surface area (Å²) in [5.41, 5.74) is 1.61. The Morgan fingerprint density at radius 2 is 1.50 bits per heavy atom. The molecular formula is C25H39N. The molecule has 26 heavy (non-hydrogen) atoms. The predicted octanol–water partition coefficient (Wildman–Crippen LogP) is 7.76. The van der Waals surface area contributed by atoms with Crippen molar-refractivity contribution in [3.05, 3.63) is 36.5 Å². The highest BCUT2D eigenvalue weighted by atomic mass is 14.3. The van der Waals surface area contributed by atoms with Gasteiger partial charge in [0.2, 0.25) is 0 Å². The molecule has 0 amide bonds. The van der Waals surface area contributed by atoms with Gasteiger partial charge in [0, 0.05) is 6.08 Å². The average molecular weight is 354 g/mol. The Balaban J connectivity index is 1.63. The van der Waals surface area contributed by atoms with Crippen molar-refractivity contribution in [2.24, 2.45) is 23.7 Å². The summed E-state index contributed by atoms with van der Waals surface area (Å²) < 4.78 is 0. The topological polar surface area (TPSA) is 23.8 Å². The molecule has 2 aliphatic carbocycles. The smallest absolute Gasteiger partial charge is 0.0912 e. The molecule has 0 radical (unpaired) electrons. The van der Waals surface area contributed by atoms with E-state index in [1.54, 1.807) is 5.57 Å². The second-order valence-corrected chi connectivity index (χ2v) is 8.65. The van der Waals surface area contributed by atoms with Crippen LogP contribution in [0.5, 0.6) is 0 Å². The van der Waals surface area contributed by atoms with Crippen LogP contribution in [-0.2, 0) is 0 Å². The first-order valence-electron chi connectivity index (χ1n) is 11.1. The van der Waals surface area contributed by atoms with Crippen molar-refractivity contribution in [3.63, 3.8) is 0 Å². The van der Waals surface area contributed by atoms with Crippen LogP contribution in [0.3, 0.4) is 0 Å². The van der Waals surface area contributed by atoms with Gasteiger partial charge in [-0.05, 0) is 87.9 Å². The quantitative estimate of drug-likeness (QED) is 0.236. The van der Waals surface area contributed by atoms with E-state index >= 15 is 0 Å². The van der Waals surface area contributed by atoms with Gasteiger partial charge in [0.05, 0.1) is 6.07 Å². The monoisotopic (exact) mass is 353 g/mol. The molecule has 0 heterocycles. The van der Waals surface area contributed by atoms with Crippen molar-refractivity contribution in [2.75, 3.05) is 0 Å². The van der Waals surface area contributed by atoms with Gasteiger partial charge in [0.15, 0.2) is 0 Å². The largest absolute Gasteiger partial charge is 0.193 e. The molecule has 2 rings (SSSR count). The molecule has 2 saturated carbocycles. The predicted molar refractivity (Wildman–Crippen MR) is 113 cm³/mol. The van der Waals surface area contributed by atoms with Gasteiger partial charge in [0.1, 0.15) is 0 Å². The van der Waals surface area contributed by atoms with E-state index < -0.39 is 0 Å². The van der Waals surface area contributed by atoms with E-state index in [1.807, 2.05) is 18.2 Å². The zero-order valence-corrected chi connectivity index (χ0v) is 17.0. The van der Waals surface area contributed by atoms with Gasteiger partial charge in [-0.25, -0.2) is 0 Å². The third-order valence-corrected chi connectivity index (χ3v) is 6.87. The maximum absolute atomic E-state index is 8.46. The van der Waals surface area contributed by atoms with Crippen molar-refractivity contribution in [3.8, 4) is 6.07 Å². The highest BCUT2D eigenvalue weighted by Gasteiger charge is 2.29. The highest BCUT2D eigenvalue weighted by molar-refractivity contribution is 5.11. The van der Waals surface area contributed by atoms with Gasteiger partial charge in [0.25, 0.3) is 0 Å². The Morgan fingerprint density at radius 3 is 2.04 bits per heavy atom. The molecule has 1 nitrogen and oxygen atoms in total. The van der Waals surface area contributed by atoms with E-state index in [0.717, 1.165) is 30.1 Å². The molecule has 0 aliphatic heterocycles. The first-order chi connectivity index (χ1) is 12.7. The van der Waals surface area contributed by atoms with Gasteiger partial charge in [-0.15, -0.1) is 0 Å². The Hall–Kier alpha value is -1.29. The van der Waals surface area contributed by atoms with Gasteiger partial charge < -0.3 is 0 Å². The fourth-order valence-electron chi connectivity index (χ4n) is 5.08. The maximum Gasteiger partial charge on any atom is 0.0912 e. The van der Waals surface area contributed by atoms with Crippen LogP contribution in [0.4, 0.5) is 0 Å². The van der Waals surface area contributed by atoms with Crippen LogP contribution in [0.1, 0.15) is 90.4 Å². The lowest BCUT2D eigenvalue weighted by atomic mass is 9.70. The molecule has 144 valence electrons.